The Morgan fingerprint density at radius 1 is 1.16 bits per heavy atom. The van der Waals surface area contributed by atoms with Crippen LogP contribution < -0.4 is 4.72 Å². The summed E-state index contributed by atoms with van der Waals surface area (Å²) in [5, 5.41) is 0. The maximum atomic E-state index is 12.5. The minimum absolute atomic E-state index is 0.237. The van der Waals surface area contributed by atoms with Gasteiger partial charge in [-0.2, -0.15) is 0 Å². The molecule has 0 bridgehead atoms. The van der Waals surface area contributed by atoms with Crippen molar-refractivity contribution in [2.45, 2.75) is 24.9 Å². The third-order valence-electron chi connectivity index (χ3n) is 3.76. The topological polar surface area (TPSA) is 64.0 Å². The van der Waals surface area contributed by atoms with Crippen LogP contribution in [0.1, 0.15) is 16.7 Å². The molecule has 1 heterocycles. The van der Waals surface area contributed by atoms with Gasteiger partial charge in [-0.25, -0.2) is 18.1 Å². The van der Waals surface area contributed by atoms with Crippen LogP contribution in [-0.4, -0.2) is 18.0 Å². The van der Waals surface area contributed by atoms with Crippen molar-refractivity contribution in [1.29, 1.82) is 0 Å². The maximum Gasteiger partial charge on any atom is 0.241 e. The van der Waals surface area contributed by atoms with Crippen molar-refractivity contribution in [3.05, 3.63) is 82.3 Å². The van der Waals surface area contributed by atoms with Crippen molar-refractivity contribution >= 4 is 26.0 Å². The smallest absolute Gasteiger partial charge is 0.241 e. The van der Waals surface area contributed by atoms with Crippen LogP contribution in [0.4, 0.5) is 0 Å². The molecule has 3 rings (SSSR count). The minimum Gasteiger partial charge on any atom is -0.333 e. The Hall–Kier alpha value is -1.96. The van der Waals surface area contributed by atoms with Gasteiger partial charge in [0.2, 0.25) is 10.0 Å². The number of nitrogens with one attached hydrogen (secondary N) is 1. The molecule has 0 fully saturated rings. The highest BCUT2D eigenvalue weighted by atomic mass is 79.9. The van der Waals surface area contributed by atoms with E-state index < -0.39 is 10.0 Å². The Labute approximate surface area is 155 Å². The number of rotatable bonds is 6. The monoisotopic (exact) mass is 419 g/mol. The molecule has 130 valence electrons. The van der Waals surface area contributed by atoms with Crippen LogP contribution in [0, 0.1) is 6.92 Å². The Bertz CT molecular complexity index is 970. The summed E-state index contributed by atoms with van der Waals surface area (Å²) in [6, 6.07) is 13.0. The second kappa shape index (κ2) is 7.51. The molecule has 0 amide bonds. The molecule has 7 heteroatoms. The lowest BCUT2D eigenvalue weighted by atomic mass is 10.1. The molecule has 0 aliphatic carbocycles. The van der Waals surface area contributed by atoms with E-state index in [9.17, 15) is 8.42 Å². The van der Waals surface area contributed by atoms with Crippen LogP contribution in [0.25, 0.3) is 0 Å². The molecule has 0 unspecified atom stereocenters. The molecular weight excluding hydrogens is 402 g/mol. The average Bonchev–Trinajstić information content (AvgIpc) is 3.06. The molecular formula is C18H18BrN3O2S. The van der Waals surface area contributed by atoms with E-state index in [-0.39, 0.29) is 11.4 Å². The second-order valence-electron chi connectivity index (χ2n) is 5.81. The van der Waals surface area contributed by atoms with Gasteiger partial charge < -0.3 is 4.57 Å². The summed E-state index contributed by atoms with van der Waals surface area (Å²) in [5.74, 6) is 0. The van der Waals surface area contributed by atoms with Crippen LogP contribution in [0.5, 0.6) is 0 Å². The first-order valence-corrected chi connectivity index (χ1v) is 10.0. The Morgan fingerprint density at radius 2 is 1.96 bits per heavy atom. The molecule has 25 heavy (non-hydrogen) atoms. The summed E-state index contributed by atoms with van der Waals surface area (Å²) in [4.78, 5) is 4.27. The normalized spacial score (nSPS) is 11.6. The zero-order chi connectivity index (χ0) is 17.9. The zero-order valence-electron chi connectivity index (χ0n) is 13.7. The summed E-state index contributed by atoms with van der Waals surface area (Å²) in [5.41, 5.74) is 2.99. The third-order valence-corrected chi connectivity index (χ3v) is 6.14. The fraction of sp³-hybridized carbons (Fsp3) is 0.167. The molecule has 0 atom stereocenters. The third kappa shape index (κ3) is 4.56. The summed E-state index contributed by atoms with van der Waals surface area (Å²) >= 11 is 3.33. The molecule has 0 aliphatic rings. The van der Waals surface area contributed by atoms with Crippen molar-refractivity contribution < 1.29 is 8.42 Å². The molecule has 1 aromatic heterocycles. The highest BCUT2D eigenvalue weighted by Gasteiger charge is 2.17. The minimum atomic E-state index is -3.58. The molecule has 1 N–H and O–H groups in total. The molecule has 0 spiro atoms. The van der Waals surface area contributed by atoms with Gasteiger partial charge >= 0.3 is 0 Å². The van der Waals surface area contributed by atoms with Gasteiger partial charge in [0.15, 0.2) is 0 Å². The summed E-state index contributed by atoms with van der Waals surface area (Å²) in [6.45, 7) is 2.85. The number of nitrogens with zero attached hydrogens (tertiary/aromatic N) is 2. The van der Waals surface area contributed by atoms with Gasteiger partial charge in [-0.15, -0.1) is 0 Å². The number of halogens is 1. The first-order valence-electron chi connectivity index (χ1n) is 7.73. The van der Waals surface area contributed by atoms with Gasteiger partial charge in [-0.1, -0.05) is 30.3 Å². The van der Waals surface area contributed by atoms with E-state index in [2.05, 4.69) is 25.6 Å². The van der Waals surface area contributed by atoms with E-state index in [1.807, 2.05) is 42.0 Å². The Kier molecular flexibility index (Phi) is 5.36. The van der Waals surface area contributed by atoms with Gasteiger partial charge in [0.05, 0.1) is 11.2 Å². The fourth-order valence-corrected chi connectivity index (χ4v) is 4.72. The number of hydrogen-bond donors (Lipinski definition) is 1. The van der Waals surface area contributed by atoms with Crippen LogP contribution in [0.2, 0.25) is 0 Å². The van der Waals surface area contributed by atoms with Gasteiger partial charge in [0.1, 0.15) is 0 Å². The average molecular weight is 420 g/mol. The van der Waals surface area contributed by atoms with E-state index in [0.29, 0.717) is 11.0 Å². The number of aromatic nitrogens is 2. The summed E-state index contributed by atoms with van der Waals surface area (Å²) in [6.07, 6.45) is 5.38. The predicted octanol–water partition coefficient (Wildman–Crippen LogP) is 3.48. The van der Waals surface area contributed by atoms with Gasteiger partial charge in [0.25, 0.3) is 0 Å². The first-order chi connectivity index (χ1) is 11.9. The van der Waals surface area contributed by atoms with E-state index >= 15 is 0 Å². The van der Waals surface area contributed by atoms with Crippen molar-refractivity contribution in [2.24, 2.45) is 0 Å². The lowest BCUT2D eigenvalue weighted by Crippen LogP contribution is -2.23. The van der Waals surface area contributed by atoms with Crippen LogP contribution in [0.3, 0.4) is 0 Å². The number of benzene rings is 2. The number of sulfonamides is 1. The van der Waals surface area contributed by atoms with Crippen molar-refractivity contribution in [1.82, 2.24) is 14.3 Å². The van der Waals surface area contributed by atoms with E-state index in [0.717, 1.165) is 16.7 Å². The molecule has 0 saturated carbocycles. The van der Waals surface area contributed by atoms with Gasteiger partial charge in [0, 0.05) is 30.0 Å². The van der Waals surface area contributed by atoms with Gasteiger partial charge in [-0.3, -0.25) is 0 Å². The molecule has 2 aromatic carbocycles. The van der Waals surface area contributed by atoms with Crippen molar-refractivity contribution in [3.8, 4) is 0 Å². The van der Waals surface area contributed by atoms with Crippen LogP contribution in [-0.2, 0) is 23.1 Å². The largest absolute Gasteiger partial charge is 0.333 e. The fourth-order valence-electron chi connectivity index (χ4n) is 2.51. The first kappa shape index (κ1) is 17.8. The molecule has 5 nitrogen and oxygen atoms in total. The number of aryl methyl sites for hydroxylation is 1. The number of hydrogen-bond acceptors (Lipinski definition) is 3. The van der Waals surface area contributed by atoms with Crippen LogP contribution >= 0.6 is 15.9 Å². The summed E-state index contributed by atoms with van der Waals surface area (Å²) < 4.78 is 30.2. The molecule has 3 aromatic rings. The zero-order valence-corrected chi connectivity index (χ0v) is 16.1. The van der Waals surface area contributed by atoms with E-state index in [4.69, 9.17) is 0 Å². The molecule has 0 saturated heterocycles. The number of imidazole rings is 1. The van der Waals surface area contributed by atoms with E-state index in [1.54, 1.807) is 30.7 Å². The second-order valence-corrected chi connectivity index (χ2v) is 8.40. The standard InChI is InChI=1S/C18H18BrN3O2S/c1-14-5-6-18(17(19)9-14)25(23,24)21-11-15-3-2-4-16(10-15)12-22-8-7-20-13-22/h2-10,13,21H,11-12H2,1H3. The summed E-state index contributed by atoms with van der Waals surface area (Å²) in [7, 11) is -3.58. The van der Waals surface area contributed by atoms with Gasteiger partial charge in [-0.05, 0) is 51.7 Å². The maximum absolute atomic E-state index is 12.5. The van der Waals surface area contributed by atoms with Crippen molar-refractivity contribution in [3.63, 3.8) is 0 Å². The molecule has 0 radical (unpaired) electrons. The highest BCUT2D eigenvalue weighted by Crippen LogP contribution is 2.23. The lowest BCUT2D eigenvalue weighted by molar-refractivity contribution is 0.580. The lowest BCUT2D eigenvalue weighted by Gasteiger charge is -2.10. The predicted molar refractivity (Wildman–Crippen MR) is 101 cm³/mol. The quantitative estimate of drug-likeness (QED) is 0.664. The van der Waals surface area contributed by atoms with E-state index in [1.165, 1.54) is 0 Å². The van der Waals surface area contributed by atoms with Crippen molar-refractivity contribution in [2.75, 3.05) is 0 Å². The Morgan fingerprint density at radius 3 is 2.68 bits per heavy atom. The SMILES string of the molecule is Cc1ccc(S(=O)(=O)NCc2cccc(Cn3ccnc3)c2)c(Br)c1. The highest BCUT2D eigenvalue weighted by molar-refractivity contribution is 9.10. The molecule has 0 aliphatic heterocycles. The van der Waals surface area contributed by atoms with Crippen LogP contribution in [0.15, 0.2) is 70.6 Å². The Balaban J connectivity index is 1.72.